The molecule has 4 nitrogen and oxygen atoms in total. The maximum atomic E-state index is 11.9. The van der Waals surface area contributed by atoms with Crippen molar-refractivity contribution < 1.29 is 19.1 Å². The van der Waals surface area contributed by atoms with E-state index in [1.54, 1.807) is 30.3 Å². The summed E-state index contributed by atoms with van der Waals surface area (Å²) < 4.78 is 10.0. The van der Waals surface area contributed by atoms with Crippen molar-refractivity contribution in [2.45, 2.75) is 0 Å². The summed E-state index contributed by atoms with van der Waals surface area (Å²) in [5, 5.41) is 1.60. The molecule has 0 aliphatic carbocycles. The molecule has 0 atom stereocenters. The van der Waals surface area contributed by atoms with E-state index in [9.17, 15) is 9.59 Å². The summed E-state index contributed by atoms with van der Waals surface area (Å²) in [4.78, 5) is 23.6. The van der Waals surface area contributed by atoms with E-state index < -0.39 is 11.9 Å². The van der Waals surface area contributed by atoms with Crippen LogP contribution in [-0.4, -0.2) is 25.2 Å². The van der Waals surface area contributed by atoms with Gasteiger partial charge in [0, 0.05) is 0 Å². The molecule has 4 bridgehead atoms. The maximum absolute atomic E-state index is 11.9. The van der Waals surface area contributed by atoms with Crippen LogP contribution in [0.2, 0.25) is 0 Å². The lowest BCUT2D eigenvalue weighted by Gasteiger charge is -2.05. The van der Waals surface area contributed by atoms with E-state index in [4.69, 9.17) is 9.47 Å². The Kier molecular flexibility index (Phi) is 2.48. The summed E-state index contributed by atoms with van der Waals surface area (Å²) in [6.07, 6.45) is 0. The summed E-state index contributed by atoms with van der Waals surface area (Å²) in [5.41, 5.74) is 0.988. The minimum absolute atomic E-state index is 0.0706. The first-order chi connectivity index (χ1) is 8.75. The van der Waals surface area contributed by atoms with Gasteiger partial charge in [-0.05, 0) is 29.0 Å². The molecule has 2 aromatic carbocycles. The van der Waals surface area contributed by atoms with E-state index in [0.29, 0.717) is 11.1 Å². The zero-order chi connectivity index (χ0) is 12.5. The number of benzene rings is 2. The van der Waals surface area contributed by atoms with Crippen LogP contribution < -0.4 is 0 Å². The van der Waals surface area contributed by atoms with Crippen LogP contribution in [0.1, 0.15) is 20.7 Å². The van der Waals surface area contributed by atoms with E-state index in [0.717, 1.165) is 10.8 Å². The molecule has 2 aliphatic heterocycles. The quantitative estimate of drug-likeness (QED) is 0.664. The van der Waals surface area contributed by atoms with Crippen LogP contribution in [0.5, 0.6) is 0 Å². The first-order valence-electron chi connectivity index (χ1n) is 5.63. The topological polar surface area (TPSA) is 52.6 Å². The minimum atomic E-state index is -0.403. The predicted molar refractivity (Wildman–Crippen MR) is 64.5 cm³/mol. The average Bonchev–Trinajstić information content (AvgIpc) is 2.43. The second-order valence-electron chi connectivity index (χ2n) is 4.01. The third kappa shape index (κ3) is 1.72. The monoisotopic (exact) mass is 242 g/mol. The van der Waals surface area contributed by atoms with Gasteiger partial charge in [0.25, 0.3) is 0 Å². The van der Waals surface area contributed by atoms with Crippen LogP contribution in [-0.2, 0) is 9.47 Å². The maximum Gasteiger partial charge on any atom is 0.338 e. The zero-order valence-corrected chi connectivity index (χ0v) is 9.51. The molecule has 0 unspecified atom stereocenters. The molecule has 18 heavy (non-hydrogen) atoms. The molecule has 4 rings (SSSR count). The number of ether oxygens (including phenoxy) is 2. The number of carbonyl (C=O) groups excluding carboxylic acids is 2. The number of hydrogen-bond donors (Lipinski definition) is 0. The molecule has 0 N–H and O–H groups in total. The van der Waals surface area contributed by atoms with E-state index >= 15 is 0 Å². The summed E-state index contributed by atoms with van der Waals surface area (Å²) in [6.45, 7) is 0.142. The molecule has 0 fully saturated rings. The first kappa shape index (κ1) is 10.8. The fourth-order valence-electron chi connectivity index (χ4n) is 2.02. The molecule has 2 aliphatic rings. The number of fused-ring (bicyclic) bond motifs is 6. The van der Waals surface area contributed by atoms with Gasteiger partial charge in [-0.15, -0.1) is 0 Å². The van der Waals surface area contributed by atoms with Crippen LogP contribution in [0.3, 0.4) is 0 Å². The highest BCUT2D eigenvalue weighted by molar-refractivity contribution is 6.06. The minimum Gasteiger partial charge on any atom is -0.458 e. The molecule has 0 radical (unpaired) electrons. The molecule has 90 valence electrons. The van der Waals surface area contributed by atoms with Gasteiger partial charge in [0.2, 0.25) is 0 Å². The second kappa shape index (κ2) is 4.14. The highest BCUT2D eigenvalue weighted by Gasteiger charge is 2.15. The van der Waals surface area contributed by atoms with E-state index in [-0.39, 0.29) is 13.2 Å². The van der Waals surface area contributed by atoms with Gasteiger partial charge in [-0.2, -0.15) is 0 Å². The lowest BCUT2D eigenvalue weighted by Crippen LogP contribution is -2.13. The molecule has 0 saturated heterocycles. The Bertz CT molecular complexity index is 645. The molecule has 2 heterocycles. The standard InChI is InChI=1S/C14H10O4/c15-13-10-4-5-11-9(8-10)2-1-3-12(11)14(16)18-7-6-17-13/h1-5,8H,6-7H2. The van der Waals surface area contributed by atoms with Gasteiger partial charge in [0.05, 0.1) is 11.1 Å². The fourth-order valence-corrected chi connectivity index (χ4v) is 2.02. The van der Waals surface area contributed by atoms with E-state index in [1.807, 2.05) is 6.07 Å². The van der Waals surface area contributed by atoms with Gasteiger partial charge in [0.1, 0.15) is 13.2 Å². The average molecular weight is 242 g/mol. The third-order valence-corrected chi connectivity index (χ3v) is 2.89. The Balaban J connectivity index is 2.27. The third-order valence-electron chi connectivity index (χ3n) is 2.89. The van der Waals surface area contributed by atoms with Crippen LogP contribution in [0.4, 0.5) is 0 Å². The molecule has 2 aromatic rings. The summed E-state index contributed by atoms with van der Waals surface area (Å²) in [7, 11) is 0. The Morgan fingerprint density at radius 2 is 1.67 bits per heavy atom. The highest BCUT2D eigenvalue weighted by atomic mass is 16.6. The molecule has 0 spiro atoms. The molecule has 4 heteroatoms. The van der Waals surface area contributed by atoms with Crippen molar-refractivity contribution >= 4 is 22.7 Å². The van der Waals surface area contributed by atoms with Crippen molar-refractivity contribution in [3.8, 4) is 0 Å². The zero-order valence-electron chi connectivity index (χ0n) is 9.51. The van der Waals surface area contributed by atoms with Crippen molar-refractivity contribution in [3.05, 3.63) is 47.5 Å². The largest absolute Gasteiger partial charge is 0.458 e. The van der Waals surface area contributed by atoms with Crippen molar-refractivity contribution in [2.75, 3.05) is 13.2 Å². The van der Waals surface area contributed by atoms with Crippen LogP contribution in [0.15, 0.2) is 36.4 Å². The van der Waals surface area contributed by atoms with Crippen LogP contribution >= 0.6 is 0 Å². The Morgan fingerprint density at radius 3 is 2.50 bits per heavy atom. The summed E-state index contributed by atoms with van der Waals surface area (Å²) >= 11 is 0. The molecule has 0 amide bonds. The SMILES string of the molecule is O=C1OCCOC(=O)c2cccc3cc1ccc23. The van der Waals surface area contributed by atoms with Gasteiger partial charge >= 0.3 is 11.9 Å². The lowest BCUT2D eigenvalue weighted by molar-refractivity contribution is 0.0268. The van der Waals surface area contributed by atoms with Gasteiger partial charge in [-0.3, -0.25) is 0 Å². The smallest absolute Gasteiger partial charge is 0.338 e. The van der Waals surface area contributed by atoms with Gasteiger partial charge in [-0.25, -0.2) is 9.59 Å². The normalized spacial score (nSPS) is 15.3. The highest BCUT2D eigenvalue weighted by Crippen LogP contribution is 2.22. The fraction of sp³-hybridized carbons (Fsp3) is 0.143. The number of rotatable bonds is 0. The summed E-state index contributed by atoms with van der Waals surface area (Å²) in [5.74, 6) is -0.799. The van der Waals surface area contributed by atoms with Gasteiger partial charge in [-0.1, -0.05) is 18.2 Å². The first-order valence-corrected chi connectivity index (χ1v) is 5.63. The Labute approximate surface area is 103 Å². The van der Waals surface area contributed by atoms with Crippen molar-refractivity contribution in [2.24, 2.45) is 0 Å². The molecular weight excluding hydrogens is 232 g/mol. The second-order valence-corrected chi connectivity index (χ2v) is 4.01. The predicted octanol–water partition coefficient (Wildman–Crippen LogP) is 2.17. The number of esters is 2. The van der Waals surface area contributed by atoms with E-state index in [1.165, 1.54) is 0 Å². The molecular formula is C14H10O4. The number of hydrogen-bond acceptors (Lipinski definition) is 4. The Hall–Kier alpha value is -2.36. The van der Waals surface area contributed by atoms with Crippen molar-refractivity contribution in [3.63, 3.8) is 0 Å². The Morgan fingerprint density at radius 1 is 0.889 bits per heavy atom. The molecule has 0 aromatic heterocycles. The van der Waals surface area contributed by atoms with Gasteiger partial charge in [0.15, 0.2) is 0 Å². The summed E-state index contributed by atoms with van der Waals surface area (Å²) in [6, 6.07) is 10.5. The molecule has 0 saturated carbocycles. The number of carbonyl (C=O) groups is 2. The lowest BCUT2D eigenvalue weighted by atomic mass is 10.0. The van der Waals surface area contributed by atoms with Crippen molar-refractivity contribution in [1.82, 2.24) is 0 Å². The van der Waals surface area contributed by atoms with Crippen LogP contribution in [0.25, 0.3) is 10.8 Å². The van der Waals surface area contributed by atoms with Crippen molar-refractivity contribution in [1.29, 1.82) is 0 Å². The van der Waals surface area contributed by atoms with E-state index in [2.05, 4.69) is 0 Å². The van der Waals surface area contributed by atoms with Gasteiger partial charge < -0.3 is 9.47 Å². The van der Waals surface area contributed by atoms with Crippen LogP contribution in [0, 0.1) is 0 Å².